The first-order chi connectivity index (χ1) is 10.1. The third kappa shape index (κ3) is 3.87. The number of carbonyl (C=O) groups excluding carboxylic acids is 2. The fourth-order valence-corrected chi connectivity index (χ4v) is 1.99. The number of carbonyl (C=O) groups is 2. The number of anilines is 1. The molecular formula is C15H19NO5. The van der Waals surface area contributed by atoms with E-state index in [1.165, 1.54) is 7.11 Å². The first-order valence-corrected chi connectivity index (χ1v) is 6.82. The molecule has 0 saturated heterocycles. The van der Waals surface area contributed by atoms with E-state index in [1.54, 1.807) is 25.3 Å². The van der Waals surface area contributed by atoms with Crippen molar-refractivity contribution in [1.29, 1.82) is 0 Å². The van der Waals surface area contributed by atoms with Gasteiger partial charge in [0, 0.05) is 6.07 Å². The van der Waals surface area contributed by atoms with Crippen molar-refractivity contribution in [3.05, 3.63) is 18.2 Å². The van der Waals surface area contributed by atoms with E-state index in [1.807, 2.05) is 0 Å². The van der Waals surface area contributed by atoms with Crippen molar-refractivity contribution >= 4 is 17.6 Å². The van der Waals surface area contributed by atoms with Crippen LogP contribution in [0.3, 0.4) is 0 Å². The zero-order valence-electron chi connectivity index (χ0n) is 12.2. The van der Waals surface area contributed by atoms with Crippen LogP contribution in [0.25, 0.3) is 0 Å². The fraction of sp³-hybridized carbons (Fsp3) is 0.467. The highest BCUT2D eigenvalue weighted by atomic mass is 16.5. The number of amides is 1. The molecule has 0 spiro atoms. The highest BCUT2D eigenvalue weighted by molar-refractivity contribution is 5.94. The molecule has 0 heterocycles. The topological polar surface area (TPSA) is 73.9 Å². The van der Waals surface area contributed by atoms with Crippen molar-refractivity contribution in [2.24, 2.45) is 5.92 Å². The van der Waals surface area contributed by atoms with Crippen molar-refractivity contribution in [3.63, 3.8) is 0 Å². The van der Waals surface area contributed by atoms with Gasteiger partial charge in [-0.15, -0.1) is 0 Å². The van der Waals surface area contributed by atoms with Gasteiger partial charge in [-0.3, -0.25) is 9.59 Å². The molecule has 21 heavy (non-hydrogen) atoms. The first-order valence-electron chi connectivity index (χ1n) is 6.82. The van der Waals surface area contributed by atoms with Crippen LogP contribution in [0.5, 0.6) is 11.5 Å². The molecule has 1 N–H and O–H groups in total. The summed E-state index contributed by atoms with van der Waals surface area (Å²) in [6, 6.07) is 5.04. The Balaban J connectivity index is 1.88. The van der Waals surface area contributed by atoms with Gasteiger partial charge >= 0.3 is 5.97 Å². The third-order valence-corrected chi connectivity index (χ3v) is 3.47. The molecule has 0 aliphatic heterocycles. The number of ether oxygens (including phenoxy) is 3. The van der Waals surface area contributed by atoms with Crippen LogP contribution in [-0.4, -0.2) is 32.7 Å². The zero-order chi connectivity index (χ0) is 15.2. The van der Waals surface area contributed by atoms with Gasteiger partial charge in [-0.05, 0) is 25.0 Å². The van der Waals surface area contributed by atoms with Gasteiger partial charge in [-0.2, -0.15) is 0 Å². The number of benzene rings is 1. The summed E-state index contributed by atoms with van der Waals surface area (Å²) in [7, 11) is 3.05. The second-order valence-electron chi connectivity index (χ2n) is 4.85. The predicted molar refractivity (Wildman–Crippen MR) is 76.5 cm³/mol. The smallest absolute Gasteiger partial charge is 0.309 e. The van der Waals surface area contributed by atoms with E-state index in [0.29, 0.717) is 17.2 Å². The number of esters is 1. The summed E-state index contributed by atoms with van der Waals surface area (Å²) < 4.78 is 15.2. The largest absolute Gasteiger partial charge is 0.497 e. The number of hydrogen-bond donors (Lipinski definition) is 1. The predicted octanol–water partition coefficient (Wildman–Crippen LogP) is 1.99. The lowest BCUT2D eigenvalue weighted by atomic mass is 9.86. The van der Waals surface area contributed by atoms with E-state index >= 15 is 0 Å². The molecule has 1 aromatic carbocycles. The second-order valence-corrected chi connectivity index (χ2v) is 4.85. The average Bonchev–Trinajstić information content (AvgIpc) is 2.43. The molecular weight excluding hydrogens is 274 g/mol. The lowest BCUT2D eigenvalue weighted by Crippen LogP contribution is -2.28. The molecule has 1 fully saturated rings. The Morgan fingerprint density at radius 3 is 2.57 bits per heavy atom. The van der Waals surface area contributed by atoms with Crippen LogP contribution in [0, 0.1) is 5.92 Å². The summed E-state index contributed by atoms with van der Waals surface area (Å²) in [5.74, 6) is 0.381. The maximum Gasteiger partial charge on any atom is 0.309 e. The van der Waals surface area contributed by atoms with Crippen molar-refractivity contribution in [3.8, 4) is 11.5 Å². The van der Waals surface area contributed by atoms with Crippen LogP contribution in [-0.2, 0) is 14.3 Å². The molecule has 2 rings (SSSR count). The van der Waals surface area contributed by atoms with Crippen molar-refractivity contribution in [2.75, 3.05) is 26.1 Å². The quantitative estimate of drug-likeness (QED) is 0.812. The summed E-state index contributed by atoms with van der Waals surface area (Å²) in [5, 5.41) is 2.65. The number of hydrogen-bond acceptors (Lipinski definition) is 5. The van der Waals surface area contributed by atoms with Gasteiger partial charge in [0.2, 0.25) is 0 Å². The van der Waals surface area contributed by atoms with Gasteiger partial charge in [-0.25, -0.2) is 0 Å². The molecule has 1 aliphatic rings. The highest BCUT2D eigenvalue weighted by Crippen LogP contribution is 2.29. The van der Waals surface area contributed by atoms with E-state index in [4.69, 9.17) is 14.2 Å². The van der Waals surface area contributed by atoms with Crippen LogP contribution < -0.4 is 14.8 Å². The van der Waals surface area contributed by atoms with Crippen molar-refractivity contribution in [1.82, 2.24) is 0 Å². The molecule has 1 amide bonds. The van der Waals surface area contributed by atoms with Crippen LogP contribution in [0.15, 0.2) is 18.2 Å². The molecule has 0 atom stereocenters. The molecule has 0 aromatic heterocycles. The van der Waals surface area contributed by atoms with E-state index < -0.39 is 5.91 Å². The Kier molecular flexibility index (Phi) is 5.03. The Bertz CT molecular complexity index is 525. The minimum Gasteiger partial charge on any atom is -0.497 e. The highest BCUT2D eigenvalue weighted by Gasteiger charge is 2.27. The molecule has 6 heteroatoms. The van der Waals surface area contributed by atoms with Crippen LogP contribution in [0.1, 0.15) is 19.3 Å². The van der Waals surface area contributed by atoms with Gasteiger partial charge in [0.25, 0.3) is 5.91 Å². The van der Waals surface area contributed by atoms with Gasteiger partial charge in [-0.1, -0.05) is 6.42 Å². The summed E-state index contributed by atoms with van der Waals surface area (Å²) in [4.78, 5) is 23.3. The lowest BCUT2D eigenvalue weighted by molar-refractivity contribution is -0.154. The first kappa shape index (κ1) is 15.2. The van der Waals surface area contributed by atoms with Gasteiger partial charge < -0.3 is 19.5 Å². The molecule has 0 unspecified atom stereocenters. The molecule has 1 aliphatic carbocycles. The summed E-state index contributed by atoms with van der Waals surface area (Å²) in [6.07, 6.45) is 2.76. The Labute approximate surface area is 123 Å². The minimum absolute atomic E-state index is 0.0340. The summed E-state index contributed by atoms with van der Waals surface area (Å²) in [5.41, 5.74) is 0.503. The molecule has 6 nitrogen and oxygen atoms in total. The molecule has 1 aromatic rings. The Hall–Kier alpha value is -2.24. The van der Waals surface area contributed by atoms with Crippen LogP contribution in [0.4, 0.5) is 5.69 Å². The molecule has 0 radical (unpaired) electrons. The SMILES string of the molecule is COc1ccc(NC(=O)COC(=O)C2CCC2)c(OC)c1. The third-order valence-electron chi connectivity index (χ3n) is 3.47. The summed E-state index contributed by atoms with van der Waals surface area (Å²) >= 11 is 0. The normalized spacial score (nSPS) is 14.0. The van der Waals surface area contributed by atoms with Gasteiger partial charge in [0.15, 0.2) is 6.61 Å². The standard InChI is InChI=1S/C15H19NO5/c1-19-11-6-7-12(13(8-11)20-2)16-14(17)9-21-15(18)10-4-3-5-10/h6-8,10H,3-5,9H2,1-2H3,(H,16,17). The maximum atomic E-state index is 11.8. The van der Waals surface area contributed by atoms with E-state index in [9.17, 15) is 9.59 Å². The summed E-state index contributed by atoms with van der Waals surface area (Å²) in [6.45, 7) is -0.287. The zero-order valence-corrected chi connectivity index (χ0v) is 12.2. The molecule has 1 saturated carbocycles. The minimum atomic E-state index is -0.397. The Morgan fingerprint density at radius 1 is 1.24 bits per heavy atom. The average molecular weight is 293 g/mol. The maximum absolute atomic E-state index is 11.8. The Morgan fingerprint density at radius 2 is 2.00 bits per heavy atom. The van der Waals surface area contributed by atoms with Crippen molar-refractivity contribution < 1.29 is 23.8 Å². The van der Waals surface area contributed by atoms with Gasteiger partial charge in [0.1, 0.15) is 11.5 Å². The molecule has 0 bridgehead atoms. The van der Waals surface area contributed by atoms with E-state index in [2.05, 4.69) is 5.32 Å². The van der Waals surface area contributed by atoms with Crippen LogP contribution >= 0.6 is 0 Å². The van der Waals surface area contributed by atoms with E-state index in [0.717, 1.165) is 19.3 Å². The molecule has 114 valence electrons. The monoisotopic (exact) mass is 293 g/mol. The fourth-order valence-electron chi connectivity index (χ4n) is 1.99. The van der Waals surface area contributed by atoms with Crippen LogP contribution in [0.2, 0.25) is 0 Å². The lowest BCUT2D eigenvalue weighted by Gasteiger charge is -2.22. The number of methoxy groups -OCH3 is 2. The van der Waals surface area contributed by atoms with Crippen molar-refractivity contribution in [2.45, 2.75) is 19.3 Å². The second kappa shape index (κ2) is 6.97. The number of nitrogens with one attached hydrogen (secondary N) is 1. The van der Waals surface area contributed by atoms with E-state index in [-0.39, 0.29) is 18.5 Å². The van der Waals surface area contributed by atoms with Gasteiger partial charge in [0.05, 0.1) is 25.8 Å². The number of rotatable bonds is 6.